The van der Waals surface area contributed by atoms with Gasteiger partial charge < -0.3 is 9.30 Å². The molecule has 0 unspecified atom stereocenters. The summed E-state index contributed by atoms with van der Waals surface area (Å²) >= 11 is 0. The summed E-state index contributed by atoms with van der Waals surface area (Å²) in [5.74, 6) is 0.706. The minimum Gasteiger partial charge on any atom is -0.489 e. The fraction of sp³-hybridized carbons (Fsp3) is 0.308. The molecule has 6 nitrogen and oxygen atoms in total. The molecule has 0 saturated heterocycles. The molecule has 0 amide bonds. The van der Waals surface area contributed by atoms with E-state index in [9.17, 15) is 8.42 Å². The SMILES string of the molecule is C[C@@H](CNS(=O)(=O)c1cn(C)cn1)Oc1ccccc1. The number of para-hydroxylation sites is 1. The minimum absolute atomic E-state index is 0.00640. The second kappa shape index (κ2) is 6.06. The number of ether oxygens (including phenoxy) is 1. The monoisotopic (exact) mass is 295 g/mol. The Bertz CT molecular complexity index is 653. The first-order valence-corrected chi connectivity index (χ1v) is 7.65. The van der Waals surface area contributed by atoms with Crippen LogP contribution < -0.4 is 9.46 Å². The maximum Gasteiger partial charge on any atom is 0.259 e. The maximum absolute atomic E-state index is 12.0. The van der Waals surface area contributed by atoms with Gasteiger partial charge in [0, 0.05) is 19.8 Å². The Balaban J connectivity index is 1.91. The van der Waals surface area contributed by atoms with Gasteiger partial charge in [-0.15, -0.1) is 0 Å². The van der Waals surface area contributed by atoms with Crippen molar-refractivity contribution in [3.8, 4) is 5.75 Å². The number of rotatable bonds is 6. The zero-order chi connectivity index (χ0) is 14.6. The molecule has 1 atom stereocenters. The van der Waals surface area contributed by atoms with Crippen LogP contribution in [0.25, 0.3) is 0 Å². The minimum atomic E-state index is -3.59. The average Bonchev–Trinajstić information content (AvgIpc) is 2.85. The van der Waals surface area contributed by atoms with Gasteiger partial charge in [0.15, 0.2) is 5.03 Å². The Kier molecular flexibility index (Phi) is 4.41. The summed E-state index contributed by atoms with van der Waals surface area (Å²) in [7, 11) is -1.87. The summed E-state index contributed by atoms with van der Waals surface area (Å²) in [4.78, 5) is 3.82. The lowest BCUT2D eigenvalue weighted by molar-refractivity contribution is 0.225. The third-order valence-electron chi connectivity index (χ3n) is 2.60. The predicted octanol–water partition coefficient (Wildman–Crippen LogP) is 1.17. The van der Waals surface area contributed by atoms with Crippen LogP contribution in [0.3, 0.4) is 0 Å². The first-order valence-electron chi connectivity index (χ1n) is 6.17. The van der Waals surface area contributed by atoms with Crippen LogP contribution in [0.4, 0.5) is 0 Å². The van der Waals surface area contributed by atoms with Crippen LogP contribution in [-0.2, 0) is 17.1 Å². The van der Waals surface area contributed by atoms with Crippen molar-refractivity contribution in [2.75, 3.05) is 6.54 Å². The van der Waals surface area contributed by atoms with Crippen LogP contribution in [0.15, 0.2) is 47.9 Å². The van der Waals surface area contributed by atoms with Crippen molar-refractivity contribution >= 4 is 10.0 Å². The summed E-state index contributed by atoms with van der Waals surface area (Å²) < 4.78 is 33.6. The number of sulfonamides is 1. The number of hydrogen-bond donors (Lipinski definition) is 1. The van der Waals surface area contributed by atoms with E-state index in [0.717, 1.165) is 0 Å². The molecule has 1 aromatic carbocycles. The zero-order valence-electron chi connectivity index (χ0n) is 11.4. The van der Waals surface area contributed by atoms with E-state index in [1.54, 1.807) is 18.5 Å². The first kappa shape index (κ1) is 14.5. The average molecular weight is 295 g/mol. The number of aryl methyl sites for hydroxylation is 1. The lowest BCUT2D eigenvalue weighted by Crippen LogP contribution is -2.33. The Morgan fingerprint density at radius 2 is 2.05 bits per heavy atom. The summed E-state index contributed by atoms with van der Waals surface area (Å²) in [6.07, 6.45) is 2.61. The van der Waals surface area contributed by atoms with Crippen LogP contribution in [0.5, 0.6) is 5.75 Å². The molecule has 0 bridgehead atoms. The molecule has 0 radical (unpaired) electrons. The summed E-state index contributed by atoms with van der Waals surface area (Å²) in [6.45, 7) is 1.97. The molecule has 2 aromatic rings. The van der Waals surface area contributed by atoms with E-state index in [4.69, 9.17) is 4.74 Å². The van der Waals surface area contributed by atoms with Gasteiger partial charge in [-0.3, -0.25) is 0 Å². The number of nitrogens with zero attached hydrogens (tertiary/aromatic N) is 2. The number of hydrogen-bond acceptors (Lipinski definition) is 4. The third-order valence-corrected chi connectivity index (χ3v) is 3.91. The van der Waals surface area contributed by atoms with E-state index < -0.39 is 10.0 Å². The number of benzene rings is 1. The highest BCUT2D eigenvalue weighted by Crippen LogP contribution is 2.11. The van der Waals surface area contributed by atoms with Gasteiger partial charge in [0.2, 0.25) is 0 Å². The fourth-order valence-corrected chi connectivity index (χ4v) is 2.69. The summed E-state index contributed by atoms with van der Waals surface area (Å²) in [5.41, 5.74) is 0. The fourth-order valence-electron chi connectivity index (χ4n) is 1.60. The van der Waals surface area contributed by atoms with Crippen LogP contribution in [0.1, 0.15) is 6.92 Å². The van der Waals surface area contributed by atoms with E-state index in [0.29, 0.717) is 5.75 Å². The molecule has 0 spiro atoms. The molecular weight excluding hydrogens is 278 g/mol. The quantitative estimate of drug-likeness (QED) is 0.868. The number of imidazole rings is 1. The molecule has 0 aliphatic heterocycles. The predicted molar refractivity (Wildman–Crippen MR) is 74.9 cm³/mol. The van der Waals surface area contributed by atoms with Gasteiger partial charge in [0.25, 0.3) is 10.0 Å². The number of nitrogens with one attached hydrogen (secondary N) is 1. The van der Waals surface area contributed by atoms with Crippen molar-refractivity contribution in [1.29, 1.82) is 0 Å². The van der Waals surface area contributed by atoms with Crippen molar-refractivity contribution in [2.45, 2.75) is 18.1 Å². The van der Waals surface area contributed by atoms with E-state index in [1.165, 1.54) is 12.5 Å². The molecule has 0 fully saturated rings. The highest BCUT2D eigenvalue weighted by molar-refractivity contribution is 7.89. The van der Waals surface area contributed by atoms with Crippen molar-refractivity contribution in [2.24, 2.45) is 7.05 Å². The molecule has 20 heavy (non-hydrogen) atoms. The smallest absolute Gasteiger partial charge is 0.259 e. The lowest BCUT2D eigenvalue weighted by Gasteiger charge is -2.14. The van der Waals surface area contributed by atoms with Gasteiger partial charge in [-0.25, -0.2) is 18.1 Å². The molecule has 0 saturated carbocycles. The van der Waals surface area contributed by atoms with E-state index >= 15 is 0 Å². The van der Waals surface area contributed by atoms with E-state index in [-0.39, 0.29) is 17.7 Å². The summed E-state index contributed by atoms with van der Waals surface area (Å²) in [6, 6.07) is 9.26. The highest BCUT2D eigenvalue weighted by atomic mass is 32.2. The standard InChI is InChI=1S/C13H17N3O3S/c1-11(19-12-6-4-3-5-7-12)8-15-20(17,18)13-9-16(2)10-14-13/h3-7,9-11,15H,8H2,1-2H3/t11-/m0/s1. The Labute approximate surface area is 118 Å². The molecule has 1 N–H and O–H groups in total. The van der Waals surface area contributed by atoms with Gasteiger partial charge in [-0.05, 0) is 19.1 Å². The molecule has 1 aromatic heterocycles. The second-order valence-corrected chi connectivity index (χ2v) is 6.18. The Morgan fingerprint density at radius 1 is 1.35 bits per heavy atom. The van der Waals surface area contributed by atoms with Gasteiger partial charge in [0.05, 0.1) is 6.33 Å². The highest BCUT2D eigenvalue weighted by Gasteiger charge is 2.18. The molecule has 7 heteroatoms. The lowest BCUT2D eigenvalue weighted by atomic mass is 10.3. The third kappa shape index (κ3) is 3.82. The maximum atomic E-state index is 12.0. The molecule has 108 valence electrons. The van der Waals surface area contributed by atoms with Gasteiger partial charge in [-0.2, -0.15) is 0 Å². The van der Waals surface area contributed by atoms with Crippen LogP contribution in [0.2, 0.25) is 0 Å². The Hall–Kier alpha value is -1.86. The van der Waals surface area contributed by atoms with Crippen molar-refractivity contribution < 1.29 is 13.2 Å². The van der Waals surface area contributed by atoms with E-state index in [1.807, 2.05) is 30.3 Å². The van der Waals surface area contributed by atoms with Crippen LogP contribution in [0, 0.1) is 0 Å². The topological polar surface area (TPSA) is 73.2 Å². The molecule has 0 aliphatic rings. The molecular formula is C13H17N3O3S. The van der Waals surface area contributed by atoms with Crippen molar-refractivity contribution in [3.63, 3.8) is 0 Å². The largest absolute Gasteiger partial charge is 0.489 e. The second-order valence-electron chi connectivity index (χ2n) is 4.47. The summed E-state index contributed by atoms with van der Waals surface area (Å²) in [5, 5.41) is 0.00640. The van der Waals surface area contributed by atoms with Crippen molar-refractivity contribution in [3.05, 3.63) is 42.9 Å². The normalized spacial score (nSPS) is 13.1. The van der Waals surface area contributed by atoms with Gasteiger partial charge >= 0.3 is 0 Å². The molecule has 2 rings (SSSR count). The first-order chi connectivity index (χ1) is 9.47. The zero-order valence-corrected chi connectivity index (χ0v) is 12.2. The number of aromatic nitrogens is 2. The molecule has 1 heterocycles. The van der Waals surface area contributed by atoms with Gasteiger partial charge in [-0.1, -0.05) is 18.2 Å². The van der Waals surface area contributed by atoms with Crippen LogP contribution in [-0.4, -0.2) is 30.6 Å². The van der Waals surface area contributed by atoms with Crippen LogP contribution >= 0.6 is 0 Å². The molecule has 0 aliphatic carbocycles. The Morgan fingerprint density at radius 3 is 2.65 bits per heavy atom. The van der Waals surface area contributed by atoms with Gasteiger partial charge in [0.1, 0.15) is 11.9 Å². The van der Waals surface area contributed by atoms with E-state index in [2.05, 4.69) is 9.71 Å². The van der Waals surface area contributed by atoms with Crippen molar-refractivity contribution in [1.82, 2.24) is 14.3 Å².